The van der Waals surface area contributed by atoms with Gasteiger partial charge in [0.05, 0.1) is 31.1 Å². The molecule has 1 saturated heterocycles. The van der Waals surface area contributed by atoms with Crippen LogP contribution in [0.1, 0.15) is 15.9 Å². The van der Waals surface area contributed by atoms with E-state index >= 15 is 0 Å². The zero-order valence-electron chi connectivity index (χ0n) is 20.0. The van der Waals surface area contributed by atoms with Gasteiger partial charge in [-0.3, -0.25) is 4.79 Å². The van der Waals surface area contributed by atoms with Gasteiger partial charge in [-0.2, -0.15) is 0 Å². The number of aliphatic hydroxyl groups is 4. The summed E-state index contributed by atoms with van der Waals surface area (Å²) in [6.07, 6.45) is -5.44. The first-order chi connectivity index (χ1) is 17.9. The maximum atomic E-state index is 13.5. The van der Waals surface area contributed by atoms with Crippen LogP contribution in [0.4, 0.5) is 0 Å². The number of rotatable bonds is 7. The quantitative estimate of drug-likeness (QED) is 0.281. The van der Waals surface area contributed by atoms with E-state index in [-0.39, 0.29) is 5.78 Å². The van der Waals surface area contributed by atoms with Crippen LogP contribution in [0, 0.1) is 0 Å². The predicted octanol–water partition coefficient (Wildman–Crippen LogP) is 2.05. The molecule has 1 aliphatic heterocycles. The fourth-order valence-corrected chi connectivity index (χ4v) is 4.51. The summed E-state index contributed by atoms with van der Waals surface area (Å²) >= 11 is 0. The van der Waals surface area contributed by atoms with Gasteiger partial charge in [-0.25, -0.2) is 0 Å². The van der Waals surface area contributed by atoms with Crippen LogP contribution in [-0.2, 0) is 4.74 Å². The van der Waals surface area contributed by atoms with Gasteiger partial charge < -0.3 is 39.2 Å². The molecule has 5 rings (SSSR count). The third-order valence-corrected chi connectivity index (χ3v) is 6.51. The first-order valence-corrected chi connectivity index (χ1v) is 11.8. The lowest BCUT2D eigenvalue weighted by Crippen LogP contribution is -2.60. The summed E-state index contributed by atoms with van der Waals surface area (Å²) in [5.74, 6) is 0.682. The number of hydrogen-bond acceptors (Lipinski definition) is 8. The lowest BCUT2D eigenvalue weighted by molar-refractivity contribution is -0.277. The number of aliphatic hydroxyl groups excluding tert-OH is 4. The minimum Gasteiger partial charge on any atom is -0.497 e. The van der Waals surface area contributed by atoms with Gasteiger partial charge in [0.25, 0.3) is 0 Å². The van der Waals surface area contributed by atoms with Crippen LogP contribution >= 0.6 is 0 Å². The minimum atomic E-state index is -1.57. The second-order valence-corrected chi connectivity index (χ2v) is 8.77. The summed E-state index contributed by atoms with van der Waals surface area (Å²) in [7, 11) is 1.54. The average Bonchev–Trinajstić information content (AvgIpc) is 3.31. The first kappa shape index (κ1) is 24.9. The third kappa shape index (κ3) is 4.59. The summed E-state index contributed by atoms with van der Waals surface area (Å²) in [6, 6.07) is 21.4. The summed E-state index contributed by atoms with van der Waals surface area (Å²) in [4.78, 5) is 13.5. The van der Waals surface area contributed by atoms with E-state index in [2.05, 4.69) is 0 Å². The molecule has 1 aromatic heterocycles. The standard InChI is InChI=1S/C28H27NO8/c1-35-17-11-12-19(24(31)16-7-3-2-4-8-16)21(13-17)29-14-22(18-9-5-6-10-20(18)29)36-28-27(34)26(33)25(32)23(15-30)37-28/h2-14,23,25-28,30,32-34H,15H2,1H3/t23-,25+,26+,27-,28-/m1/s1. The lowest BCUT2D eigenvalue weighted by atomic mass is 9.99. The SMILES string of the molecule is COc1ccc(C(=O)c2ccccc2)c(-n2cc(O[C@@H]3O[C@H](CO)[C@H](O)[C@H](O)[C@H]3O)c3ccccc32)c1. The van der Waals surface area contributed by atoms with Gasteiger partial charge >= 0.3 is 0 Å². The van der Waals surface area contributed by atoms with Crippen molar-refractivity contribution in [2.24, 2.45) is 0 Å². The van der Waals surface area contributed by atoms with Crippen LogP contribution in [0.5, 0.6) is 11.5 Å². The molecule has 4 N–H and O–H groups in total. The van der Waals surface area contributed by atoms with Crippen molar-refractivity contribution >= 4 is 16.7 Å². The summed E-state index contributed by atoms with van der Waals surface area (Å²) in [5.41, 5.74) is 2.22. The van der Waals surface area contributed by atoms with Gasteiger partial charge in [0.15, 0.2) is 5.78 Å². The molecule has 2 heterocycles. The number of benzene rings is 3. The highest BCUT2D eigenvalue weighted by Gasteiger charge is 2.45. The highest BCUT2D eigenvalue weighted by atomic mass is 16.7. The summed E-state index contributed by atoms with van der Waals surface area (Å²) in [5, 5.41) is 40.9. The second kappa shape index (κ2) is 10.3. The number of nitrogens with zero attached hydrogens (tertiary/aromatic N) is 1. The number of carbonyl (C=O) groups excluding carboxylic acids is 1. The van der Waals surface area contributed by atoms with Crippen molar-refractivity contribution in [1.82, 2.24) is 4.57 Å². The topological polar surface area (TPSA) is 131 Å². The van der Waals surface area contributed by atoms with Gasteiger partial charge in [-0.1, -0.05) is 42.5 Å². The van der Waals surface area contributed by atoms with Crippen molar-refractivity contribution in [3.8, 4) is 17.2 Å². The van der Waals surface area contributed by atoms with Crippen molar-refractivity contribution in [3.05, 3.63) is 90.1 Å². The highest BCUT2D eigenvalue weighted by Crippen LogP contribution is 2.35. The molecular formula is C28H27NO8. The maximum Gasteiger partial charge on any atom is 0.229 e. The smallest absolute Gasteiger partial charge is 0.229 e. The van der Waals surface area contributed by atoms with Crippen LogP contribution in [0.25, 0.3) is 16.6 Å². The Labute approximate surface area is 212 Å². The molecule has 0 saturated carbocycles. The molecule has 0 bridgehead atoms. The molecule has 1 fully saturated rings. The molecule has 0 aliphatic carbocycles. The maximum absolute atomic E-state index is 13.5. The number of ketones is 1. The van der Waals surface area contributed by atoms with Crippen molar-refractivity contribution in [2.45, 2.75) is 30.7 Å². The van der Waals surface area contributed by atoms with E-state index in [9.17, 15) is 25.2 Å². The molecule has 0 unspecified atom stereocenters. The average molecular weight is 506 g/mol. The van der Waals surface area contributed by atoms with Gasteiger partial charge in [0.2, 0.25) is 6.29 Å². The molecule has 0 spiro atoms. The van der Waals surface area contributed by atoms with Gasteiger partial charge in [-0.15, -0.1) is 0 Å². The number of aromatic nitrogens is 1. The van der Waals surface area contributed by atoms with Crippen LogP contribution in [0.2, 0.25) is 0 Å². The van der Waals surface area contributed by atoms with E-state index in [1.165, 1.54) is 0 Å². The number of ether oxygens (including phenoxy) is 3. The largest absolute Gasteiger partial charge is 0.497 e. The number of carbonyl (C=O) groups is 1. The van der Waals surface area contributed by atoms with Crippen molar-refractivity contribution in [2.75, 3.05) is 13.7 Å². The number of para-hydroxylation sites is 1. The van der Waals surface area contributed by atoms with Crippen molar-refractivity contribution < 1.29 is 39.4 Å². The molecular weight excluding hydrogens is 478 g/mol. The molecule has 4 aromatic rings. The zero-order chi connectivity index (χ0) is 26.1. The van der Waals surface area contributed by atoms with Crippen LogP contribution < -0.4 is 9.47 Å². The van der Waals surface area contributed by atoms with Gasteiger partial charge in [0, 0.05) is 22.6 Å². The number of methoxy groups -OCH3 is 1. The van der Waals surface area contributed by atoms with E-state index in [0.29, 0.717) is 39.2 Å². The highest BCUT2D eigenvalue weighted by molar-refractivity contribution is 6.11. The van der Waals surface area contributed by atoms with E-state index < -0.39 is 37.3 Å². The molecule has 0 radical (unpaired) electrons. The Morgan fingerprint density at radius 1 is 0.946 bits per heavy atom. The molecule has 1 aliphatic rings. The van der Waals surface area contributed by atoms with Crippen molar-refractivity contribution in [1.29, 1.82) is 0 Å². The fraction of sp³-hybridized carbons (Fsp3) is 0.250. The van der Waals surface area contributed by atoms with Gasteiger partial charge in [0.1, 0.15) is 35.9 Å². The Morgan fingerprint density at radius 2 is 1.68 bits per heavy atom. The molecule has 3 aromatic carbocycles. The second-order valence-electron chi connectivity index (χ2n) is 8.77. The van der Waals surface area contributed by atoms with Crippen LogP contribution in [0.15, 0.2) is 79.0 Å². The Balaban J connectivity index is 1.60. The van der Waals surface area contributed by atoms with Crippen molar-refractivity contribution in [3.63, 3.8) is 0 Å². The normalized spacial score (nSPS) is 23.6. The number of fused-ring (bicyclic) bond motifs is 1. The van der Waals surface area contributed by atoms with E-state index in [1.807, 2.05) is 30.3 Å². The van der Waals surface area contributed by atoms with E-state index in [4.69, 9.17) is 14.2 Å². The van der Waals surface area contributed by atoms with E-state index in [0.717, 1.165) is 0 Å². The first-order valence-electron chi connectivity index (χ1n) is 11.8. The molecule has 0 amide bonds. The Hall–Kier alpha value is -3.73. The Morgan fingerprint density at radius 3 is 2.41 bits per heavy atom. The molecule has 9 heteroatoms. The third-order valence-electron chi connectivity index (χ3n) is 6.51. The van der Waals surface area contributed by atoms with Gasteiger partial charge in [-0.05, 0) is 24.3 Å². The Kier molecular flexibility index (Phi) is 6.96. The zero-order valence-corrected chi connectivity index (χ0v) is 20.0. The van der Waals surface area contributed by atoms with E-state index in [1.54, 1.807) is 60.3 Å². The fourth-order valence-electron chi connectivity index (χ4n) is 4.51. The predicted molar refractivity (Wildman–Crippen MR) is 134 cm³/mol. The molecule has 192 valence electrons. The summed E-state index contributed by atoms with van der Waals surface area (Å²) < 4.78 is 18.7. The summed E-state index contributed by atoms with van der Waals surface area (Å²) in [6.45, 7) is -0.568. The van der Waals surface area contributed by atoms with Crippen LogP contribution in [0.3, 0.4) is 0 Å². The lowest BCUT2D eigenvalue weighted by Gasteiger charge is -2.39. The minimum absolute atomic E-state index is 0.174. The molecule has 5 atom stereocenters. The molecule has 37 heavy (non-hydrogen) atoms. The number of hydrogen-bond donors (Lipinski definition) is 4. The van der Waals surface area contributed by atoms with Crippen LogP contribution in [-0.4, -0.2) is 75.2 Å². The Bertz CT molecular complexity index is 1400. The monoisotopic (exact) mass is 505 g/mol. The molecule has 9 nitrogen and oxygen atoms in total.